The molecule has 30 heavy (non-hydrogen) atoms. The number of carbonyl (C=O) groups excluding carboxylic acids is 1. The van der Waals surface area contributed by atoms with Crippen molar-refractivity contribution in [2.75, 3.05) is 18.5 Å². The van der Waals surface area contributed by atoms with Gasteiger partial charge in [0.2, 0.25) is 5.91 Å². The number of imidazole rings is 1. The molecule has 9 heteroatoms. The summed E-state index contributed by atoms with van der Waals surface area (Å²) in [5.41, 5.74) is 2.77. The first kappa shape index (κ1) is 18.4. The fourth-order valence-electron chi connectivity index (χ4n) is 3.17. The molecular weight excluding hydrogens is 402 g/mol. The average Bonchev–Trinajstić information content (AvgIpc) is 3.27. The Kier molecular flexibility index (Phi) is 4.94. The number of amides is 1. The summed E-state index contributed by atoms with van der Waals surface area (Å²) in [5, 5.41) is 3.12. The fraction of sp³-hybridized carbons (Fsp3) is 0.143. The molecule has 2 aromatic heterocycles. The zero-order valence-electron chi connectivity index (χ0n) is 15.7. The van der Waals surface area contributed by atoms with Gasteiger partial charge in [0.25, 0.3) is 0 Å². The molecule has 2 N–H and O–H groups in total. The summed E-state index contributed by atoms with van der Waals surface area (Å²) >= 11 is 1.34. The highest BCUT2D eigenvalue weighted by Crippen LogP contribution is 2.38. The van der Waals surface area contributed by atoms with Crippen LogP contribution < -0.4 is 14.8 Å². The lowest BCUT2D eigenvalue weighted by molar-refractivity contribution is -0.115. The highest BCUT2D eigenvalue weighted by atomic mass is 32.2. The summed E-state index contributed by atoms with van der Waals surface area (Å²) < 4.78 is 11.2. The van der Waals surface area contributed by atoms with Crippen molar-refractivity contribution in [1.29, 1.82) is 0 Å². The number of hydrogen-bond donors (Lipinski definition) is 2. The number of carbonyl (C=O) groups is 1. The van der Waals surface area contributed by atoms with E-state index in [1.54, 1.807) is 24.5 Å². The molecule has 0 radical (unpaired) electrons. The van der Waals surface area contributed by atoms with Gasteiger partial charge in [0.1, 0.15) is 35.3 Å². The Hall–Kier alpha value is -3.59. The highest BCUT2D eigenvalue weighted by molar-refractivity contribution is 8.00. The van der Waals surface area contributed by atoms with Crippen LogP contribution in [0.5, 0.6) is 11.5 Å². The van der Waals surface area contributed by atoms with Crippen LogP contribution in [-0.4, -0.2) is 39.1 Å². The predicted molar refractivity (Wildman–Crippen MR) is 113 cm³/mol. The number of anilines is 1. The lowest BCUT2D eigenvalue weighted by Crippen LogP contribution is -2.20. The number of H-pyrrole nitrogens is 1. The van der Waals surface area contributed by atoms with Crippen molar-refractivity contribution in [2.45, 2.75) is 10.3 Å². The quantitative estimate of drug-likeness (QED) is 0.376. The van der Waals surface area contributed by atoms with E-state index in [2.05, 4.69) is 25.3 Å². The Morgan fingerprint density at radius 3 is 2.73 bits per heavy atom. The van der Waals surface area contributed by atoms with E-state index in [0.29, 0.717) is 46.6 Å². The van der Waals surface area contributed by atoms with Gasteiger partial charge in [0.05, 0.1) is 6.33 Å². The summed E-state index contributed by atoms with van der Waals surface area (Å²) in [7, 11) is 0. The minimum atomic E-state index is -0.527. The summed E-state index contributed by atoms with van der Waals surface area (Å²) in [6, 6.07) is 15.0. The van der Waals surface area contributed by atoms with E-state index in [1.807, 2.05) is 30.3 Å². The van der Waals surface area contributed by atoms with Gasteiger partial charge in [-0.3, -0.25) is 4.79 Å². The number of aromatic nitrogens is 4. The van der Waals surface area contributed by atoms with Gasteiger partial charge in [-0.1, -0.05) is 42.1 Å². The molecule has 150 valence electrons. The third kappa shape index (κ3) is 3.67. The molecule has 3 heterocycles. The second-order valence-electron chi connectivity index (χ2n) is 6.54. The second-order valence-corrected chi connectivity index (χ2v) is 7.63. The summed E-state index contributed by atoms with van der Waals surface area (Å²) in [5.74, 6) is 1.13. The zero-order valence-corrected chi connectivity index (χ0v) is 16.6. The number of rotatable bonds is 5. The van der Waals surface area contributed by atoms with Crippen LogP contribution in [0.1, 0.15) is 10.8 Å². The Morgan fingerprint density at radius 2 is 1.87 bits per heavy atom. The lowest BCUT2D eigenvalue weighted by Gasteiger charge is -2.20. The third-order valence-electron chi connectivity index (χ3n) is 4.57. The third-order valence-corrected chi connectivity index (χ3v) is 5.82. The van der Waals surface area contributed by atoms with Crippen molar-refractivity contribution < 1.29 is 14.3 Å². The van der Waals surface area contributed by atoms with Gasteiger partial charge in [-0.05, 0) is 17.7 Å². The molecule has 1 atom stereocenters. The zero-order chi connectivity index (χ0) is 20.3. The molecule has 8 nitrogen and oxygen atoms in total. The molecule has 5 rings (SSSR count). The monoisotopic (exact) mass is 419 g/mol. The molecule has 1 unspecified atom stereocenters. The first-order valence-electron chi connectivity index (χ1n) is 9.34. The van der Waals surface area contributed by atoms with Crippen molar-refractivity contribution in [1.82, 2.24) is 19.9 Å². The van der Waals surface area contributed by atoms with Gasteiger partial charge < -0.3 is 19.8 Å². The highest BCUT2D eigenvalue weighted by Gasteiger charge is 2.25. The minimum Gasteiger partial charge on any atom is -0.486 e. The number of aromatic amines is 1. The van der Waals surface area contributed by atoms with Crippen LogP contribution in [0.2, 0.25) is 0 Å². The maximum Gasteiger partial charge on any atom is 0.242 e. The van der Waals surface area contributed by atoms with E-state index in [-0.39, 0.29) is 5.91 Å². The van der Waals surface area contributed by atoms with E-state index < -0.39 is 5.25 Å². The molecule has 1 amide bonds. The standard InChI is InChI=1S/C21H17N5O3S/c27-20(26-14-6-7-15-16(10-14)29-9-8-28-15)18(13-4-2-1-3-5-13)30-21-17-19(23-11-22-17)24-12-25-21/h1-7,10-12,18H,8-9H2,(H,26,27)(H,22,23,24,25). The van der Waals surface area contributed by atoms with Crippen LogP contribution in [0, 0.1) is 0 Å². The fourth-order valence-corrected chi connectivity index (χ4v) is 4.23. The number of benzene rings is 2. The Balaban J connectivity index is 1.44. The molecule has 1 aliphatic heterocycles. The van der Waals surface area contributed by atoms with Crippen LogP contribution in [0.3, 0.4) is 0 Å². The van der Waals surface area contributed by atoms with Crippen LogP contribution in [0.25, 0.3) is 11.2 Å². The maximum absolute atomic E-state index is 13.3. The number of ether oxygens (including phenoxy) is 2. The van der Waals surface area contributed by atoms with E-state index in [9.17, 15) is 4.79 Å². The lowest BCUT2D eigenvalue weighted by atomic mass is 10.1. The number of nitrogens with zero attached hydrogens (tertiary/aromatic N) is 3. The molecule has 2 aromatic carbocycles. The average molecular weight is 419 g/mol. The SMILES string of the molecule is O=C(Nc1ccc2c(c1)OCCO2)C(Sc1ncnc2nc[nH]c12)c1ccccc1. The van der Waals surface area contributed by atoms with Crippen LogP contribution >= 0.6 is 11.8 Å². The van der Waals surface area contributed by atoms with Gasteiger partial charge in [-0.25, -0.2) is 15.0 Å². The smallest absolute Gasteiger partial charge is 0.242 e. The molecule has 0 bridgehead atoms. The largest absolute Gasteiger partial charge is 0.486 e. The van der Waals surface area contributed by atoms with Gasteiger partial charge in [0.15, 0.2) is 17.1 Å². The molecule has 0 aliphatic carbocycles. The van der Waals surface area contributed by atoms with Crippen LogP contribution in [0.4, 0.5) is 5.69 Å². The van der Waals surface area contributed by atoms with E-state index in [1.165, 1.54) is 18.1 Å². The molecule has 0 fully saturated rings. The van der Waals surface area contributed by atoms with E-state index >= 15 is 0 Å². The topological polar surface area (TPSA) is 102 Å². The number of hydrogen-bond acceptors (Lipinski definition) is 7. The molecular formula is C21H17N5O3S. The van der Waals surface area contributed by atoms with Crippen molar-refractivity contribution in [3.8, 4) is 11.5 Å². The molecule has 1 aliphatic rings. The summed E-state index contributed by atoms with van der Waals surface area (Å²) in [6.07, 6.45) is 3.02. The van der Waals surface area contributed by atoms with Crippen molar-refractivity contribution >= 4 is 34.5 Å². The minimum absolute atomic E-state index is 0.172. The molecule has 0 saturated carbocycles. The van der Waals surface area contributed by atoms with E-state index in [4.69, 9.17) is 9.47 Å². The molecule has 0 saturated heterocycles. The number of fused-ring (bicyclic) bond motifs is 2. The van der Waals surface area contributed by atoms with Gasteiger partial charge in [-0.2, -0.15) is 0 Å². The van der Waals surface area contributed by atoms with Crippen molar-refractivity contribution in [2.24, 2.45) is 0 Å². The Morgan fingerprint density at radius 1 is 1.03 bits per heavy atom. The number of nitrogens with one attached hydrogen (secondary N) is 2. The summed E-state index contributed by atoms with van der Waals surface area (Å²) in [4.78, 5) is 29.0. The normalized spacial score (nSPS) is 13.7. The maximum atomic E-state index is 13.3. The first-order chi connectivity index (χ1) is 14.8. The predicted octanol–water partition coefficient (Wildman–Crippen LogP) is 3.60. The van der Waals surface area contributed by atoms with Gasteiger partial charge in [0, 0.05) is 11.8 Å². The summed E-state index contributed by atoms with van der Waals surface area (Å²) in [6.45, 7) is 1.01. The van der Waals surface area contributed by atoms with Crippen molar-refractivity contribution in [3.63, 3.8) is 0 Å². The number of thioether (sulfide) groups is 1. The van der Waals surface area contributed by atoms with Gasteiger partial charge >= 0.3 is 0 Å². The van der Waals surface area contributed by atoms with Gasteiger partial charge in [-0.15, -0.1) is 0 Å². The molecule has 4 aromatic rings. The molecule has 0 spiro atoms. The Labute approximate surface area is 176 Å². The second kappa shape index (κ2) is 8.03. The van der Waals surface area contributed by atoms with Crippen LogP contribution in [0.15, 0.2) is 66.2 Å². The Bertz CT molecular complexity index is 1200. The van der Waals surface area contributed by atoms with Crippen LogP contribution in [-0.2, 0) is 4.79 Å². The van der Waals surface area contributed by atoms with Crippen molar-refractivity contribution in [3.05, 3.63) is 66.7 Å². The van der Waals surface area contributed by atoms with E-state index in [0.717, 1.165) is 5.56 Å². The first-order valence-corrected chi connectivity index (χ1v) is 10.2.